The first kappa shape index (κ1) is 20.8. The molecule has 5 heteroatoms. The Kier molecular flexibility index (Phi) is 11.6. The van der Waals surface area contributed by atoms with Crippen LogP contribution < -0.4 is 16.0 Å². The number of hydrogen-bond acceptors (Lipinski definition) is 2. The Balaban J connectivity index is 0.00000441. The summed E-state index contributed by atoms with van der Waals surface area (Å²) in [6, 6.07) is 10.6. The van der Waals surface area contributed by atoms with Crippen molar-refractivity contribution in [3.8, 4) is 0 Å². The third-order valence-electron chi connectivity index (χ3n) is 3.13. The molecule has 0 bridgehead atoms. The molecule has 22 heavy (non-hydrogen) atoms. The molecule has 124 valence electrons. The van der Waals surface area contributed by atoms with Crippen LogP contribution in [0, 0.1) is 5.92 Å². The Morgan fingerprint density at radius 1 is 1.23 bits per heavy atom. The van der Waals surface area contributed by atoms with Gasteiger partial charge in [0, 0.05) is 24.8 Å². The van der Waals surface area contributed by atoms with Gasteiger partial charge in [0.25, 0.3) is 0 Å². The van der Waals surface area contributed by atoms with Gasteiger partial charge in [0.1, 0.15) is 0 Å². The van der Waals surface area contributed by atoms with Crippen molar-refractivity contribution in [1.29, 1.82) is 0 Å². The molecule has 3 N–H and O–H groups in total. The molecule has 0 aliphatic rings. The number of rotatable bonds is 8. The smallest absolute Gasteiger partial charge is 0.191 e. The van der Waals surface area contributed by atoms with E-state index in [0.29, 0.717) is 18.5 Å². The van der Waals surface area contributed by atoms with Gasteiger partial charge in [-0.05, 0) is 25.0 Å². The van der Waals surface area contributed by atoms with Crippen LogP contribution in [0.25, 0.3) is 0 Å². The first-order valence-corrected chi connectivity index (χ1v) is 7.62. The Hall–Kier alpha value is -1.24. The number of hydrogen-bond donors (Lipinski definition) is 3. The number of nitrogens with one attached hydrogen (secondary N) is 3. The van der Waals surface area contributed by atoms with Gasteiger partial charge >= 0.3 is 0 Å². The fourth-order valence-corrected chi connectivity index (χ4v) is 1.87. The van der Waals surface area contributed by atoms with E-state index in [2.05, 4.69) is 60.4 Å². The quantitative estimate of drug-likeness (QED) is 0.263. The predicted octanol–water partition coefficient (Wildman–Crippen LogP) is 3.48. The topological polar surface area (TPSA) is 48.5 Å². The van der Waals surface area contributed by atoms with Gasteiger partial charge in [-0.15, -0.1) is 30.6 Å². The molecule has 0 saturated heterocycles. The molecule has 0 amide bonds. The zero-order chi connectivity index (χ0) is 15.5. The van der Waals surface area contributed by atoms with Crippen molar-refractivity contribution in [2.45, 2.75) is 26.8 Å². The summed E-state index contributed by atoms with van der Waals surface area (Å²) < 4.78 is 0. The van der Waals surface area contributed by atoms with Crippen molar-refractivity contribution in [1.82, 2.24) is 10.6 Å². The second-order valence-corrected chi connectivity index (χ2v) is 5.25. The number of halogens is 1. The molecule has 0 heterocycles. The lowest BCUT2D eigenvalue weighted by Gasteiger charge is -2.22. The Morgan fingerprint density at radius 2 is 1.91 bits per heavy atom. The van der Waals surface area contributed by atoms with Crippen LogP contribution in [0.15, 0.2) is 48.0 Å². The summed E-state index contributed by atoms with van der Waals surface area (Å²) >= 11 is 0. The maximum Gasteiger partial charge on any atom is 0.191 e. The lowest BCUT2D eigenvalue weighted by Crippen LogP contribution is -2.39. The number of nitrogens with zero attached hydrogens (tertiary/aromatic N) is 1. The van der Waals surface area contributed by atoms with Crippen molar-refractivity contribution >= 4 is 35.6 Å². The van der Waals surface area contributed by atoms with Gasteiger partial charge in [0.2, 0.25) is 0 Å². The van der Waals surface area contributed by atoms with E-state index in [4.69, 9.17) is 0 Å². The van der Waals surface area contributed by atoms with Gasteiger partial charge in [-0.2, -0.15) is 0 Å². The normalized spacial score (nSPS) is 12.3. The molecule has 1 atom stereocenters. The minimum Gasteiger partial charge on any atom is -0.380 e. The molecule has 1 rings (SSSR count). The highest BCUT2D eigenvalue weighted by Crippen LogP contribution is 2.12. The number of benzene rings is 1. The standard InChI is InChI=1S/C17H28N4.HI/c1-5-12-19-17(18-6-2)20-13-16(14(3)4)21-15-10-8-7-9-11-15;/h5,7-11,14,16,21H,1,6,12-13H2,2-4H3,(H2,18,19,20);1H. The lowest BCUT2D eigenvalue weighted by atomic mass is 10.0. The molecular formula is C17H29IN4. The molecule has 0 aliphatic carbocycles. The monoisotopic (exact) mass is 416 g/mol. The van der Waals surface area contributed by atoms with Gasteiger partial charge in [-0.25, -0.2) is 0 Å². The van der Waals surface area contributed by atoms with E-state index in [9.17, 15) is 0 Å². The third kappa shape index (κ3) is 8.26. The minimum absolute atomic E-state index is 0. The van der Waals surface area contributed by atoms with Gasteiger partial charge in [-0.3, -0.25) is 4.99 Å². The molecule has 0 aliphatic heterocycles. The van der Waals surface area contributed by atoms with E-state index in [-0.39, 0.29) is 24.0 Å². The van der Waals surface area contributed by atoms with E-state index in [0.717, 1.165) is 24.7 Å². The summed E-state index contributed by atoms with van der Waals surface area (Å²) in [6.45, 7) is 12.5. The molecule has 0 fully saturated rings. The Labute approximate surface area is 151 Å². The molecule has 4 nitrogen and oxygen atoms in total. The van der Waals surface area contributed by atoms with E-state index in [1.54, 1.807) is 0 Å². The summed E-state index contributed by atoms with van der Waals surface area (Å²) in [5, 5.41) is 10.0. The number of anilines is 1. The first-order valence-electron chi connectivity index (χ1n) is 7.62. The molecule has 0 spiro atoms. The van der Waals surface area contributed by atoms with Crippen LogP contribution in [0.1, 0.15) is 20.8 Å². The number of guanidine groups is 1. The summed E-state index contributed by atoms with van der Waals surface area (Å²) in [6.07, 6.45) is 1.83. The average molecular weight is 416 g/mol. The average Bonchev–Trinajstić information content (AvgIpc) is 2.49. The summed E-state index contributed by atoms with van der Waals surface area (Å²) in [5.74, 6) is 1.33. The van der Waals surface area contributed by atoms with E-state index >= 15 is 0 Å². The summed E-state index contributed by atoms with van der Waals surface area (Å²) in [4.78, 5) is 4.65. The maximum atomic E-state index is 4.65. The van der Waals surface area contributed by atoms with Crippen LogP contribution in [0.5, 0.6) is 0 Å². The third-order valence-corrected chi connectivity index (χ3v) is 3.13. The summed E-state index contributed by atoms with van der Waals surface area (Å²) in [5.41, 5.74) is 1.13. The molecule has 0 aromatic heterocycles. The van der Waals surface area contributed by atoms with Crippen molar-refractivity contribution in [2.24, 2.45) is 10.9 Å². The first-order chi connectivity index (χ1) is 10.2. The van der Waals surface area contributed by atoms with Crippen molar-refractivity contribution in [2.75, 3.05) is 25.0 Å². The molecular weight excluding hydrogens is 387 g/mol. The van der Waals surface area contributed by atoms with E-state index < -0.39 is 0 Å². The van der Waals surface area contributed by atoms with E-state index in [1.165, 1.54) is 0 Å². The van der Waals surface area contributed by atoms with Crippen LogP contribution in [-0.2, 0) is 0 Å². The minimum atomic E-state index is 0. The van der Waals surface area contributed by atoms with Crippen molar-refractivity contribution < 1.29 is 0 Å². The molecule has 0 radical (unpaired) electrons. The number of aliphatic imine (C=N–C) groups is 1. The highest BCUT2D eigenvalue weighted by molar-refractivity contribution is 14.0. The van der Waals surface area contributed by atoms with Crippen LogP contribution in [0.3, 0.4) is 0 Å². The van der Waals surface area contributed by atoms with Crippen molar-refractivity contribution in [3.63, 3.8) is 0 Å². The van der Waals surface area contributed by atoms with E-state index in [1.807, 2.05) is 24.3 Å². The van der Waals surface area contributed by atoms with Crippen LogP contribution >= 0.6 is 24.0 Å². The van der Waals surface area contributed by atoms with Crippen LogP contribution in [0.4, 0.5) is 5.69 Å². The molecule has 1 unspecified atom stereocenters. The van der Waals surface area contributed by atoms with Crippen LogP contribution in [-0.4, -0.2) is 31.6 Å². The highest BCUT2D eigenvalue weighted by Gasteiger charge is 2.12. The van der Waals surface area contributed by atoms with Crippen molar-refractivity contribution in [3.05, 3.63) is 43.0 Å². The fraction of sp³-hybridized carbons (Fsp3) is 0.471. The maximum absolute atomic E-state index is 4.65. The summed E-state index contributed by atoms with van der Waals surface area (Å²) in [7, 11) is 0. The second kappa shape index (κ2) is 12.3. The molecule has 1 aromatic rings. The second-order valence-electron chi connectivity index (χ2n) is 5.25. The fourth-order valence-electron chi connectivity index (χ4n) is 1.87. The van der Waals surface area contributed by atoms with Gasteiger partial charge in [0.15, 0.2) is 5.96 Å². The zero-order valence-corrected chi connectivity index (χ0v) is 16.1. The Morgan fingerprint density at radius 3 is 2.45 bits per heavy atom. The van der Waals surface area contributed by atoms with Crippen LogP contribution in [0.2, 0.25) is 0 Å². The molecule has 1 aromatic carbocycles. The SMILES string of the molecule is C=CCNC(=NCC(Nc1ccccc1)C(C)C)NCC.I. The highest BCUT2D eigenvalue weighted by atomic mass is 127. The lowest BCUT2D eigenvalue weighted by molar-refractivity contribution is 0.531. The molecule has 0 saturated carbocycles. The van der Waals surface area contributed by atoms with Gasteiger partial charge in [0.05, 0.1) is 6.54 Å². The number of para-hydroxylation sites is 1. The predicted molar refractivity (Wildman–Crippen MR) is 108 cm³/mol. The largest absolute Gasteiger partial charge is 0.380 e. The Bertz CT molecular complexity index is 432. The van der Waals surface area contributed by atoms with Gasteiger partial charge in [-0.1, -0.05) is 38.1 Å². The van der Waals surface area contributed by atoms with Gasteiger partial charge < -0.3 is 16.0 Å². The zero-order valence-electron chi connectivity index (χ0n) is 13.8.